The summed E-state index contributed by atoms with van der Waals surface area (Å²) in [5, 5.41) is 25.9. The first-order valence-electron chi connectivity index (χ1n) is 12.0. The van der Waals surface area contributed by atoms with E-state index in [1.54, 1.807) is 35.2 Å². The Bertz CT molecular complexity index is 1200. The lowest BCUT2D eigenvalue weighted by Gasteiger charge is -2.42. The van der Waals surface area contributed by atoms with Gasteiger partial charge in [0.1, 0.15) is 12.4 Å². The van der Waals surface area contributed by atoms with Gasteiger partial charge in [-0.1, -0.05) is 38.4 Å². The van der Waals surface area contributed by atoms with Gasteiger partial charge in [-0.15, -0.1) is 0 Å². The number of halogens is 1. The van der Waals surface area contributed by atoms with E-state index in [9.17, 15) is 20.0 Å². The summed E-state index contributed by atoms with van der Waals surface area (Å²) >= 11 is 6.30. The topological polar surface area (TPSA) is 115 Å². The smallest absolute Gasteiger partial charge is 0.335 e. The lowest BCUT2D eigenvalue weighted by atomic mass is 9.84. The summed E-state index contributed by atoms with van der Waals surface area (Å²) in [6, 6.07) is 12.4. The molecular formula is C27H31ClN4O4. The van der Waals surface area contributed by atoms with E-state index < -0.39 is 5.97 Å². The number of rotatable bonds is 6. The molecule has 4 rings (SSSR count). The molecular weight excluding hydrogens is 480 g/mol. The summed E-state index contributed by atoms with van der Waals surface area (Å²) in [6.07, 6.45) is 0.488. The molecule has 36 heavy (non-hydrogen) atoms. The fraction of sp³-hybridized carbons (Fsp3) is 0.444. The highest BCUT2D eigenvalue weighted by atomic mass is 35.5. The van der Waals surface area contributed by atoms with Gasteiger partial charge in [0.05, 0.1) is 36.8 Å². The van der Waals surface area contributed by atoms with Gasteiger partial charge in [0.2, 0.25) is 5.91 Å². The maximum absolute atomic E-state index is 13.0. The molecule has 190 valence electrons. The van der Waals surface area contributed by atoms with Crippen molar-refractivity contribution >= 4 is 23.5 Å². The van der Waals surface area contributed by atoms with E-state index in [1.807, 2.05) is 26.8 Å². The Kier molecular flexibility index (Phi) is 7.55. The normalized spacial score (nSPS) is 22.0. The van der Waals surface area contributed by atoms with Gasteiger partial charge in [-0.25, -0.2) is 4.79 Å². The van der Waals surface area contributed by atoms with Crippen LogP contribution in [0.1, 0.15) is 43.1 Å². The molecule has 2 aromatic carbocycles. The zero-order chi connectivity index (χ0) is 26.0. The predicted octanol–water partition coefficient (Wildman–Crippen LogP) is 3.64. The lowest BCUT2D eigenvalue weighted by molar-refractivity contribution is -0.142. The molecule has 0 radical (unpaired) electrons. The van der Waals surface area contributed by atoms with E-state index in [1.165, 1.54) is 0 Å². The summed E-state index contributed by atoms with van der Waals surface area (Å²) in [4.78, 5) is 26.6. The summed E-state index contributed by atoms with van der Waals surface area (Å²) in [7, 11) is 0. The largest absolute Gasteiger partial charge is 0.491 e. The molecule has 3 atom stereocenters. The molecule has 8 nitrogen and oxygen atoms in total. The fourth-order valence-corrected chi connectivity index (χ4v) is 4.86. The van der Waals surface area contributed by atoms with E-state index in [4.69, 9.17) is 16.3 Å². The predicted molar refractivity (Wildman–Crippen MR) is 137 cm³/mol. The van der Waals surface area contributed by atoms with Crippen molar-refractivity contribution in [1.82, 2.24) is 15.5 Å². The number of carboxylic acids is 1. The van der Waals surface area contributed by atoms with Crippen LogP contribution in [0.15, 0.2) is 36.4 Å². The third-order valence-corrected chi connectivity index (χ3v) is 7.04. The van der Waals surface area contributed by atoms with Gasteiger partial charge in [0.15, 0.2) is 0 Å². The number of carbonyl (C=O) groups excluding carboxylic acids is 1. The Labute approximate surface area is 216 Å². The molecule has 0 spiro atoms. The van der Waals surface area contributed by atoms with Gasteiger partial charge >= 0.3 is 5.97 Å². The van der Waals surface area contributed by atoms with E-state index in [0.717, 1.165) is 5.56 Å². The summed E-state index contributed by atoms with van der Waals surface area (Å²) in [5.41, 5.74) is 2.22. The minimum atomic E-state index is -1.00. The summed E-state index contributed by atoms with van der Waals surface area (Å²) in [6.45, 7) is 7.74. The lowest BCUT2D eigenvalue weighted by Crippen LogP contribution is -2.64. The van der Waals surface area contributed by atoms with Gasteiger partial charge in [-0.3, -0.25) is 10.1 Å². The Balaban J connectivity index is 1.52. The number of nitrogens with zero attached hydrogens (tertiary/aromatic N) is 2. The third kappa shape index (κ3) is 5.65. The molecule has 2 saturated heterocycles. The highest BCUT2D eigenvalue weighted by molar-refractivity contribution is 6.31. The molecule has 9 heteroatoms. The Hall–Kier alpha value is -3.12. The van der Waals surface area contributed by atoms with Crippen molar-refractivity contribution in [2.75, 3.05) is 26.4 Å². The quantitative estimate of drug-likeness (QED) is 0.543. The Morgan fingerprint density at radius 3 is 2.72 bits per heavy atom. The Morgan fingerprint density at radius 1 is 1.25 bits per heavy atom. The van der Waals surface area contributed by atoms with E-state index in [0.29, 0.717) is 48.1 Å². The number of benzene rings is 2. The summed E-state index contributed by atoms with van der Waals surface area (Å²) < 4.78 is 6.11. The van der Waals surface area contributed by atoms with Gasteiger partial charge in [0.25, 0.3) is 0 Å². The number of ether oxygens (including phenoxy) is 1. The van der Waals surface area contributed by atoms with Crippen LogP contribution in [0.25, 0.3) is 11.1 Å². The second kappa shape index (κ2) is 10.5. The average molecular weight is 511 g/mol. The van der Waals surface area contributed by atoms with Gasteiger partial charge in [0, 0.05) is 23.2 Å². The zero-order valence-corrected chi connectivity index (χ0v) is 21.4. The first kappa shape index (κ1) is 26.0. The molecule has 0 aliphatic carbocycles. The summed E-state index contributed by atoms with van der Waals surface area (Å²) in [5.74, 6) is -0.643. The Morgan fingerprint density at radius 2 is 2.03 bits per heavy atom. The van der Waals surface area contributed by atoms with Crippen LogP contribution in [0, 0.1) is 17.2 Å². The first-order valence-corrected chi connectivity index (χ1v) is 12.4. The van der Waals surface area contributed by atoms with E-state index in [-0.39, 0.29) is 41.5 Å². The van der Waals surface area contributed by atoms with Crippen LogP contribution in [-0.4, -0.2) is 60.3 Å². The van der Waals surface area contributed by atoms with Crippen LogP contribution in [0.2, 0.25) is 5.02 Å². The van der Waals surface area contributed by atoms with Gasteiger partial charge in [-0.05, 0) is 53.3 Å². The van der Waals surface area contributed by atoms with Crippen LogP contribution in [0.4, 0.5) is 0 Å². The van der Waals surface area contributed by atoms with Crippen molar-refractivity contribution in [2.24, 2.45) is 5.92 Å². The number of amides is 1. The van der Waals surface area contributed by atoms with Crippen molar-refractivity contribution in [2.45, 2.75) is 44.7 Å². The van der Waals surface area contributed by atoms with Crippen molar-refractivity contribution in [3.05, 3.63) is 52.5 Å². The standard InChI is InChI=1S/C27H31ClN4O4/c1-27(2,3)18-9-16(8-17(10-18)26(34)35)21-11-19(28)4-5-24(21)36-7-6-32-15-31-23-14-30-20(13-29)12-22(23)25(32)33/h4-5,8-11,20,22-23,30-31H,6-7,12,14-15H2,1-3H3,(H,34,35). The van der Waals surface area contributed by atoms with E-state index in [2.05, 4.69) is 16.7 Å². The minimum Gasteiger partial charge on any atom is -0.491 e. The first-order chi connectivity index (χ1) is 17.1. The highest BCUT2D eigenvalue weighted by Gasteiger charge is 2.40. The molecule has 0 saturated carbocycles. The molecule has 2 fully saturated rings. The number of fused-ring (bicyclic) bond motifs is 1. The van der Waals surface area contributed by atoms with Crippen LogP contribution < -0.4 is 15.4 Å². The molecule has 2 aromatic rings. The average Bonchev–Trinajstić information content (AvgIpc) is 2.85. The number of hydrogen-bond donors (Lipinski definition) is 3. The molecule has 2 aliphatic rings. The molecule has 3 N–H and O–H groups in total. The number of piperidine rings is 1. The maximum Gasteiger partial charge on any atom is 0.335 e. The maximum atomic E-state index is 13.0. The molecule has 0 bridgehead atoms. The molecule has 2 aliphatic heterocycles. The zero-order valence-electron chi connectivity index (χ0n) is 20.7. The fourth-order valence-electron chi connectivity index (χ4n) is 4.69. The van der Waals surface area contributed by atoms with Gasteiger partial charge < -0.3 is 20.1 Å². The van der Waals surface area contributed by atoms with E-state index >= 15 is 0 Å². The van der Waals surface area contributed by atoms with Crippen molar-refractivity contribution in [1.29, 1.82) is 5.26 Å². The van der Waals surface area contributed by atoms with Gasteiger partial charge in [-0.2, -0.15) is 5.26 Å². The van der Waals surface area contributed by atoms with Crippen molar-refractivity contribution < 1.29 is 19.4 Å². The molecule has 3 unspecified atom stereocenters. The minimum absolute atomic E-state index is 0.0284. The molecule has 1 amide bonds. The molecule has 2 heterocycles. The molecule has 0 aromatic heterocycles. The third-order valence-electron chi connectivity index (χ3n) is 6.81. The number of nitriles is 1. The number of nitrogens with one attached hydrogen (secondary N) is 2. The number of carboxylic acid groups (broad SMARTS) is 1. The number of carbonyl (C=O) groups is 2. The number of aromatic carboxylic acids is 1. The van der Waals surface area contributed by atoms with Crippen molar-refractivity contribution in [3.63, 3.8) is 0 Å². The highest BCUT2D eigenvalue weighted by Crippen LogP contribution is 2.36. The monoisotopic (exact) mass is 510 g/mol. The van der Waals surface area contributed by atoms with Crippen LogP contribution in [0.5, 0.6) is 5.75 Å². The SMILES string of the molecule is CC(C)(C)c1cc(C(=O)O)cc(-c2cc(Cl)ccc2OCCN2CNC3CNC(C#N)CC3C2=O)c1. The number of hydrogen-bond acceptors (Lipinski definition) is 6. The van der Waals surface area contributed by atoms with Crippen LogP contribution in [-0.2, 0) is 10.2 Å². The van der Waals surface area contributed by atoms with Crippen molar-refractivity contribution in [3.8, 4) is 22.9 Å². The van der Waals surface area contributed by atoms with Crippen LogP contribution in [0.3, 0.4) is 0 Å². The second-order valence-corrected chi connectivity index (χ2v) is 10.8. The van der Waals surface area contributed by atoms with Crippen LogP contribution >= 0.6 is 11.6 Å². The second-order valence-electron chi connectivity index (χ2n) is 10.3.